The van der Waals surface area contributed by atoms with Crippen LogP contribution in [0.15, 0.2) is 17.5 Å². The fourth-order valence-electron chi connectivity index (χ4n) is 2.69. The average Bonchev–Trinajstić information content (AvgIpc) is 2.96. The summed E-state index contributed by atoms with van der Waals surface area (Å²) in [4.78, 5) is 13.2. The van der Waals surface area contributed by atoms with Crippen LogP contribution in [-0.2, 0) is 12.8 Å². The molecule has 0 atom stereocenters. The van der Waals surface area contributed by atoms with E-state index < -0.39 is 0 Å². The van der Waals surface area contributed by atoms with Gasteiger partial charge in [0.05, 0.1) is 10.6 Å². The van der Waals surface area contributed by atoms with Crippen LogP contribution in [0.3, 0.4) is 0 Å². The van der Waals surface area contributed by atoms with Crippen molar-refractivity contribution in [2.24, 2.45) is 0 Å². The molecule has 1 aliphatic heterocycles. The molecule has 2 aromatic rings. The molecular weight excluding hydrogens is 242 g/mol. The highest BCUT2D eigenvalue weighted by Crippen LogP contribution is 2.34. The summed E-state index contributed by atoms with van der Waals surface area (Å²) in [6, 6.07) is 4.28. The number of hydrogen-bond donors (Lipinski definition) is 0. The van der Waals surface area contributed by atoms with Gasteiger partial charge in [0.1, 0.15) is 0 Å². The van der Waals surface area contributed by atoms with Gasteiger partial charge in [-0.3, -0.25) is 0 Å². The van der Waals surface area contributed by atoms with E-state index in [1.165, 1.54) is 34.7 Å². The number of anilines is 1. The van der Waals surface area contributed by atoms with Crippen LogP contribution >= 0.6 is 11.3 Å². The SMILES string of the molecule is c1csc(-c2nc(N3CCC3)nc3c2CCC3)c1. The van der Waals surface area contributed by atoms with Crippen LogP contribution in [0.5, 0.6) is 0 Å². The van der Waals surface area contributed by atoms with Crippen LogP contribution in [0.2, 0.25) is 0 Å². The smallest absolute Gasteiger partial charge is 0.226 e. The zero-order valence-corrected chi connectivity index (χ0v) is 11.0. The molecule has 0 spiro atoms. The number of aryl methyl sites for hydroxylation is 1. The molecule has 0 aromatic carbocycles. The van der Waals surface area contributed by atoms with Gasteiger partial charge in [-0.05, 0) is 37.1 Å². The van der Waals surface area contributed by atoms with Crippen LogP contribution in [0, 0.1) is 0 Å². The van der Waals surface area contributed by atoms with Crippen LogP contribution in [0.25, 0.3) is 10.6 Å². The zero-order chi connectivity index (χ0) is 11.9. The predicted molar refractivity (Wildman–Crippen MR) is 74.2 cm³/mol. The number of thiophene rings is 1. The Hall–Kier alpha value is -1.42. The molecule has 92 valence electrons. The molecule has 3 nitrogen and oxygen atoms in total. The normalized spacial score (nSPS) is 17.7. The van der Waals surface area contributed by atoms with Crippen LogP contribution in [0.1, 0.15) is 24.1 Å². The Balaban J connectivity index is 1.86. The monoisotopic (exact) mass is 257 g/mol. The third-order valence-electron chi connectivity index (χ3n) is 3.81. The van der Waals surface area contributed by atoms with E-state index in [0.29, 0.717) is 0 Å². The van der Waals surface area contributed by atoms with E-state index in [4.69, 9.17) is 9.97 Å². The molecule has 4 rings (SSSR count). The van der Waals surface area contributed by atoms with Crippen molar-refractivity contribution < 1.29 is 0 Å². The van der Waals surface area contributed by atoms with Gasteiger partial charge in [-0.2, -0.15) is 0 Å². The lowest BCUT2D eigenvalue weighted by molar-refractivity contribution is 0.599. The van der Waals surface area contributed by atoms with E-state index in [2.05, 4.69) is 22.4 Å². The summed E-state index contributed by atoms with van der Waals surface area (Å²) < 4.78 is 0. The van der Waals surface area contributed by atoms with Crippen molar-refractivity contribution in [1.29, 1.82) is 0 Å². The summed E-state index contributed by atoms with van der Waals surface area (Å²) in [6.07, 6.45) is 4.76. The molecule has 18 heavy (non-hydrogen) atoms. The van der Waals surface area contributed by atoms with Gasteiger partial charge >= 0.3 is 0 Å². The number of hydrogen-bond acceptors (Lipinski definition) is 4. The van der Waals surface area contributed by atoms with Crippen LogP contribution < -0.4 is 4.90 Å². The summed E-state index contributed by atoms with van der Waals surface area (Å²) >= 11 is 1.78. The molecule has 0 N–H and O–H groups in total. The minimum Gasteiger partial charge on any atom is -0.341 e. The van der Waals surface area contributed by atoms with Gasteiger partial charge < -0.3 is 4.90 Å². The maximum absolute atomic E-state index is 4.83. The Bertz CT molecular complexity index is 573. The topological polar surface area (TPSA) is 29.0 Å². The van der Waals surface area contributed by atoms with Gasteiger partial charge in [-0.25, -0.2) is 9.97 Å². The van der Waals surface area contributed by atoms with Gasteiger partial charge in [-0.15, -0.1) is 11.3 Å². The second-order valence-corrected chi connectivity index (χ2v) is 5.92. The summed E-state index contributed by atoms with van der Waals surface area (Å²) in [6.45, 7) is 2.23. The molecule has 0 saturated carbocycles. The predicted octanol–water partition coefficient (Wildman–Crippen LogP) is 2.90. The fourth-order valence-corrected chi connectivity index (χ4v) is 3.44. The third-order valence-corrected chi connectivity index (χ3v) is 4.69. The minimum absolute atomic E-state index is 0.949. The van der Waals surface area contributed by atoms with Crippen molar-refractivity contribution in [2.45, 2.75) is 25.7 Å². The van der Waals surface area contributed by atoms with Crippen molar-refractivity contribution >= 4 is 17.3 Å². The number of nitrogens with zero attached hydrogens (tertiary/aromatic N) is 3. The zero-order valence-electron chi connectivity index (χ0n) is 10.2. The van der Waals surface area contributed by atoms with E-state index in [1.54, 1.807) is 11.3 Å². The largest absolute Gasteiger partial charge is 0.341 e. The second-order valence-electron chi connectivity index (χ2n) is 4.97. The molecular formula is C14H15N3S. The molecule has 4 heteroatoms. The average molecular weight is 257 g/mol. The maximum Gasteiger partial charge on any atom is 0.226 e. The first-order valence-corrected chi connectivity index (χ1v) is 7.48. The van der Waals surface area contributed by atoms with Crippen molar-refractivity contribution in [3.05, 3.63) is 28.8 Å². The first-order valence-electron chi connectivity index (χ1n) is 6.60. The highest BCUT2D eigenvalue weighted by atomic mass is 32.1. The highest BCUT2D eigenvalue weighted by Gasteiger charge is 2.24. The highest BCUT2D eigenvalue weighted by molar-refractivity contribution is 7.13. The van der Waals surface area contributed by atoms with E-state index in [0.717, 1.165) is 31.9 Å². The summed E-state index contributed by atoms with van der Waals surface area (Å²) in [5.74, 6) is 0.949. The summed E-state index contributed by atoms with van der Waals surface area (Å²) in [5, 5.41) is 2.13. The second kappa shape index (κ2) is 4.05. The van der Waals surface area contributed by atoms with E-state index in [1.807, 2.05) is 0 Å². The Morgan fingerprint density at radius 3 is 2.78 bits per heavy atom. The summed E-state index contributed by atoms with van der Waals surface area (Å²) in [7, 11) is 0. The van der Waals surface area contributed by atoms with E-state index in [9.17, 15) is 0 Å². The van der Waals surface area contributed by atoms with Crippen molar-refractivity contribution in [2.75, 3.05) is 18.0 Å². The standard InChI is InChI=1S/C14H15N3S/c1-4-10-11(5-1)15-14(17-7-3-8-17)16-13(10)12-6-2-9-18-12/h2,6,9H,1,3-5,7-8H2. The summed E-state index contributed by atoms with van der Waals surface area (Å²) in [5.41, 5.74) is 3.87. The molecule has 0 bridgehead atoms. The first kappa shape index (κ1) is 10.5. The van der Waals surface area contributed by atoms with Gasteiger partial charge in [0.25, 0.3) is 0 Å². The molecule has 1 saturated heterocycles. The van der Waals surface area contributed by atoms with Crippen molar-refractivity contribution in [3.8, 4) is 10.6 Å². The molecule has 0 amide bonds. The molecule has 2 aromatic heterocycles. The fraction of sp³-hybridized carbons (Fsp3) is 0.429. The quantitative estimate of drug-likeness (QED) is 0.828. The molecule has 2 aliphatic rings. The van der Waals surface area contributed by atoms with Gasteiger partial charge in [0.15, 0.2) is 0 Å². The molecule has 3 heterocycles. The molecule has 1 aliphatic carbocycles. The number of fused-ring (bicyclic) bond motifs is 1. The lowest BCUT2D eigenvalue weighted by Crippen LogP contribution is -2.38. The van der Waals surface area contributed by atoms with Crippen LogP contribution in [-0.4, -0.2) is 23.1 Å². The van der Waals surface area contributed by atoms with Gasteiger partial charge in [0, 0.05) is 24.3 Å². The van der Waals surface area contributed by atoms with Crippen molar-refractivity contribution in [1.82, 2.24) is 9.97 Å². The van der Waals surface area contributed by atoms with E-state index >= 15 is 0 Å². The molecule has 0 radical (unpaired) electrons. The Morgan fingerprint density at radius 2 is 2.06 bits per heavy atom. The third kappa shape index (κ3) is 1.56. The number of rotatable bonds is 2. The lowest BCUT2D eigenvalue weighted by Gasteiger charge is -2.31. The van der Waals surface area contributed by atoms with Gasteiger partial charge in [-0.1, -0.05) is 6.07 Å². The first-order chi connectivity index (χ1) is 8.92. The lowest BCUT2D eigenvalue weighted by atomic mass is 10.1. The molecule has 0 unspecified atom stereocenters. The van der Waals surface area contributed by atoms with E-state index in [-0.39, 0.29) is 0 Å². The Kier molecular flexibility index (Phi) is 2.36. The van der Waals surface area contributed by atoms with Crippen molar-refractivity contribution in [3.63, 3.8) is 0 Å². The Morgan fingerprint density at radius 1 is 1.11 bits per heavy atom. The number of aromatic nitrogens is 2. The Labute approximate surface area is 111 Å². The van der Waals surface area contributed by atoms with Gasteiger partial charge in [0.2, 0.25) is 5.95 Å². The van der Waals surface area contributed by atoms with Crippen LogP contribution in [0.4, 0.5) is 5.95 Å². The minimum atomic E-state index is 0.949. The molecule has 1 fully saturated rings. The maximum atomic E-state index is 4.83.